The summed E-state index contributed by atoms with van der Waals surface area (Å²) in [5, 5.41) is 22.1. The van der Waals surface area contributed by atoms with Gasteiger partial charge in [-0.15, -0.1) is 0 Å². The van der Waals surface area contributed by atoms with Crippen LogP contribution in [0.5, 0.6) is 5.75 Å². The summed E-state index contributed by atoms with van der Waals surface area (Å²) < 4.78 is 45.4. The fourth-order valence-corrected chi connectivity index (χ4v) is 5.45. The molecule has 2 N–H and O–H groups in total. The second-order valence-electron chi connectivity index (χ2n) is 10.2. The largest absolute Gasteiger partial charge is 0.497 e. The highest BCUT2D eigenvalue weighted by molar-refractivity contribution is 5.85. The number of hydrogen-bond acceptors (Lipinski definition) is 5. The van der Waals surface area contributed by atoms with Gasteiger partial charge in [-0.2, -0.15) is 0 Å². The van der Waals surface area contributed by atoms with Gasteiger partial charge < -0.3 is 19.8 Å². The van der Waals surface area contributed by atoms with E-state index in [1.807, 2.05) is 25.1 Å². The minimum absolute atomic E-state index is 0.297. The minimum Gasteiger partial charge on any atom is -0.497 e. The Hall–Kier alpha value is -3.17. The molecule has 1 unspecified atom stereocenters. The molecule has 38 heavy (non-hydrogen) atoms. The number of likely N-dealkylation sites (tertiary alicyclic amines) is 1. The molecule has 0 aliphatic carbocycles. The number of pyridine rings is 1. The van der Waals surface area contributed by atoms with Crippen LogP contribution < -0.4 is 4.74 Å². The normalized spacial score (nSPS) is 16.5. The molecule has 0 bridgehead atoms. The van der Waals surface area contributed by atoms with Crippen LogP contribution in [0.3, 0.4) is 0 Å². The zero-order chi connectivity index (χ0) is 27.4. The molecular weight excluding hydrogens is 497 g/mol. The van der Waals surface area contributed by atoms with E-state index in [-0.39, 0.29) is 0 Å². The summed E-state index contributed by atoms with van der Waals surface area (Å²) in [6.07, 6.45) is 3.39. The number of piperidine rings is 1. The summed E-state index contributed by atoms with van der Waals surface area (Å²) in [6.45, 7) is 3.67. The number of nitrogens with zero attached hydrogens (tertiary/aromatic N) is 2. The molecule has 0 amide bonds. The van der Waals surface area contributed by atoms with E-state index in [9.17, 15) is 28.2 Å². The first-order valence-electron chi connectivity index (χ1n) is 12.8. The van der Waals surface area contributed by atoms with Crippen molar-refractivity contribution in [1.82, 2.24) is 9.88 Å². The molecule has 9 heteroatoms. The van der Waals surface area contributed by atoms with Crippen LogP contribution in [0.25, 0.3) is 10.9 Å². The smallest absolute Gasteiger partial charge is 0.309 e. The number of hydrogen-bond donors (Lipinski definition) is 2. The summed E-state index contributed by atoms with van der Waals surface area (Å²) >= 11 is 0. The Labute approximate surface area is 220 Å². The first kappa shape index (κ1) is 27.9. The topological polar surface area (TPSA) is 82.9 Å². The van der Waals surface area contributed by atoms with Gasteiger partial charge in [-0.1, -0.05) is 0 Å². The molecule has 0 saturated carbocycles. The average molecular weight is 531 g/mol. The predicted molar refractivity (Wildman–Crippen MR) is 138 cm³/mol. The van der Waals surface area contributed by atoms with Crippen LogP contribution in [0.1, 0.15) is 54.9 Å². The van der Waals surface area contributed by atoms with E-state index in [4.69, 9.17) is 4.74 Å². The van der Waals surface area contributed by atoms with Crippen molar-refractivity contribution in [3.8, 4) is 5.75 Å². The van der Waals surface area contributed by atoms with Crippen LogP contribution in [-0.2, 0) is 11.2 Å². The van der Waals surface area contributed by atoms with E-state index in [0.717, 1.165) is 34.2 Å². The second-order valence-corrected chi connectivity index (χ2v) is 10.2. The molecule has 1 aliphatic rings. The van der Waals surface area contributed by atoms with E-state index < -0.39 is 34.9 Å². The average Bonchev–Trinajstić information content (AvgIpc) is 2.90. The highest BCUT2D eigenvalue weighted by Crippen LogP contribution is 2.40. The van der Waals surface area contributed by atoms with Crippen LogP contribution in [0.4, 0.5) is 13.2 Å². The molecule has 1 saturated heterocycles. The van der Waals surface area contributed by atoms with E-state index in [0.29, 0.717) is 69.5 Å². The molecule has 4 rings (SSSR count). The number of aromatic nitrogens is 1. The van der Waals surface area contributed by atoms with Crippen LogP contribution in [0.15, 0.2) is 36.5 Å². The number of aryl methyl sites for hydroxylation is 2. The number of aliphatic hydroxyl groups excluding tert-OH is 1. The van der Waals surface area contributed by atoms with Gasteiger partial charge in [0, 0.05) is 11.6 Å². The quantitative estimate of drug-likeness (QED) is 0.333. The highest BCUT2D eigenvalue weighted by Gasteiger charge is 2.41. The maximum atomic E-state index is 13.4. The number of methoxy groups -OCH3 is 1. The SMILES string of the molecule is COc1ccc2ncc(C)c(C(O)CCC3(C(=O)O)CCN(CCCc4cc(F)c(F)c(F)c4)CC3)c2c1. The molecule has 0 radical (unpaired) electrons. The molecule has 2 heterocycles. The van der Waals surface area contributed by atoms with E-state index >= 15 is 0 Å². The van der Waals surface area contributed by atoms with Gasteiger partial charge in [0.05, 0.1) is 24.1 Å². The predicted octanol–water partition coefficient (Wildman–Crippen LogP) is 5.58. The Morgan fingerprint density at radius 2 is 1.84 bits per heavy atom. The van der Waals surface area contributed by atoms with Crippen LogP contribution >= 0.6 is 0 Å². The van der Waals surface area contributed by atoms with Gasteiger partial charge in [0.15, 0.2) is 17.5 Å². The van der Waals surface area contributed by atoms with Crippen LogP contribution in [0.2, 0.25) is 0 Å². The first-order valence-corrected chi connectivity index (χ1v) is 12.8. The number of carboxylic acids is 1. The lowest BCUT2D eigenvalue weighted by Crippen LogP contribution is -2.44. The summed E-state index contributed by atoms with van der Waals surface area (Å²) in [6, 6.07) is 7.51. The summed E-state index contributed by atoms with van der Waals surface area (Å²) in [5.74, 6) is -4.06. The van der Waals surface area contributed by atoms with Crippen molar-refractivity contribution in [2.75, 3.05) is 26.7 Å². The lowest BCUT2D eigenvalue weighted by Gasteiger charge is -2.39. The molecule has 1 atom stereocenters. The lowest BCUT2D eigenvalue weighted by molar-refractivity contribution is -0.153. The molecule has 1 fully saturated rings. The van der Waals surface area contributed by atoms with Gasteiger partial charge in [-0.3, -0.25) is 9.78 Å². The molecule has 3 aromatic rings. The Kier molecular flexibility index (Phi) is 8.57. The van der Waals surface area contributed by atoms with Crippen molar-refractivity contribution in [2.24, 2.45) is 5.41 Å². The molecule has 1 aliphatic heterocycles. The fourth-order valence-electron chi connectivity index (χ4n) is 5.45. The summed E-state index contributed by atoms with van der Waals surface area (Å²) in [7, 11) is 1.58. The van der Waals surface area contributed by atoms with Gasteiger partial charge in [0.25, 0.3) is 0 Å². The van der Waals surface area contributed by atoms with Crippen LogP contribution in [-0.4, -0.2) is 52.8 Å². The van der Waals surface area contributed by atoms with E-state index in [1.54, 1.807) is 13.3 Å². The van der Waals surface area contributed by atoms with Crippen molar-refractivity contribution in [3.63, 3.8) is 0 Å². The monoisotopic (exact) mass is 530 g/mol. The number of ether oxygens (including phenoxy) is 1. The first-order chi connectivity index (χ1) is 18.1. The third kappa shape index (κ3) is 5.94. The third-order valence-corrected chi connectivity index (χ3v) is 7.80. The zero-order valence-electron chi connectivity index (χ0n) is 21.6. The molecule has 204 valence electrons. The van der Waals surface area contributed by atoms with Gasteiger partial charge in [0.1, 0.15) is 5.75 Å². The van der Waals surface area contributed by atoms with E-state index in [2.05, 4.69) is 9.88 Å². The maximum absolute atomic E-state index is 13.4. The van der Waals surface area contributed by atoms with Gasteiger partial charge in [-0.05, 0) is 112 Å². The van der Waals surface area contributed by atoms with Crippen LogP contribution in [0, 0.1) is 29.8 Å². The molecule has 6 nitrogen and oxygen atoms in total. The zero-order valence-corrected chi connectivity index (χ0v) is 21.6. The van der Waals surface area contributed by atoms with Crippen molar-refractivity contribution in [2.45, 2.75) is 51.6 Å². The van der Waals surface area contributed by atoms with Crippen molar-refractivity contribution < 1.29 is 32.9 Å². The third-order valence-electron chi connectivity index (χ3n) is 7.80. The molecule has 1 aromatic heterocycles. The van der Waals surface area contributed by atoms with Crippen molar-refractivity contribution in [3.05, 3.63) is 70.7 Å². The Bertz CT molecular complexity index is 1290. The lowest BCUT2D eigenvalue weighted by atomic mass is 9.73. The maximum Gasteiger partial charge on any atom is 0.309 e. The number of aliphatic hydroxyl groups is 1. The van der Waals surface area contributed by atoms with Gasteiger partial charge >= 0.3 is 5.97 Å². The Balaban J connectivity index is 1.36. The Morgan fingerprint density at radius 1 is 1.16 bits per heavy atom. The number of benzene rings is 2. The number of halogens is 3. The standard InChI is InChI=1S/C29H33F3N2O4/c1-18-17-33-24-6-5-20(38-2)16-21(24)26(18)25(35)7-8-29(28(36)37)9-12-34(13-10-29)11-3-4-19-14-22(30)27(32)23(31)15-19/h5-6,14-17,25,35H,3-4,7-13H2,1-2H3,(H,36,37). The Morgan fingerprint density at radius 3 is 2.47 bits per heavy atom. The summed E-state index contributed by atoms with van der Waals surface area (Å²) in [5.41, 5.74) is 1.76. The minimum atomic E-state index is -1.47. The van der Waals surface area contributed by atoms with Gasteiger partial charge in [-0.25, -0.2) is 13.2 Å². The van der Waals surface area contributed by atoms with Crippen molar-refractivity contribution in [1.29, 1.82) is 0 Å². The number of carbonyl (C=O) groups is 1. The fraction of sp³-hybridized carbons (Fsp3) is 0.448. The molecule has 2 aromatic carbocycles. The number of aliphatic carboxylic acids is 1. The second kappa shape index (κ2) is 11.7. The van der Waals surface area contributed by atoms with Gasteiger partial charge in [0.2, 0.25) is 0 Å². The van der Waals surface area contributed by atoms with Crippen molar-refractivity contribution >= 4 is 16.9 Å². The highest BCUT2D eigenvalue weighted by atomic mass is 19.2. The molecule has 0 spiro atoms. The number of fused-ring (bicyclic) bond motifs is 1. The number of carboxylic acid groups (broad SMARTS) is 1. The number of rotatable bonds is 10. The summed E-state index contributed by atoms with van der Waals surface area (Å²) in [4.78, 5) is 18.9. The molecular formula is C29H33F3N2O4. The van der Waals surface area contributed by atoms with E-state index in [1.165, 1.54) is 0 Å².